The number of hydrogen-bond donors (Lipinski definition) is 0. The van der Waals surface area contributed by atoms with E-state index in [2.05, 4.69) is 55.4 Å². The monoisotopic (exact) mass is 226 g/mol. The summed E-state index contributed by atoms with van der Waals surface area (Å²) in [4.78, 5) is 0. The summed E-state index contributed by atoms with van der Waals surface area (Å²) in [7, 11) is 0. The van der Waals surface area contributed by atoms with Crippen molar-refractivity contribution in [2.24, 2.45) is 22.7 Å². The van der Waals surface area contributed by atoms with Crippen LogP contribution in [0.25, 0.3) is 0 Å². The highest BCUT2D eigenvalue weighted by molar-refractivity contribution is 4.89. The van der Waals surface area contributed by atoms with E-state index in [4.69, 9.17) is 0 Å². The molecule has 3 atom stereocenters. The van der Waals surface area contributed by atoms with Crippen LogP contribution in [-0.4, -0.2) is 0 Å². The number of rotatable bonds is 6. The highest BCUT2D eigenvalue weighted by Crippen LogP contribution is 2.48. The molecule has 0 N–H and O–H groups in total. The van der Waals surface area contributed by atoms with E-state index < -0.39 is 0 Å². The SMILES string of the molecule is CCCCC(C)C(C)(CC)C(C)C(C)(C)C. The highest BCUT2D eigenvalue weighted by atomic mass is 14.4. The van der Waals surface area contributed by atoms with Gasteiger partial charge in [-0.05, 0) is 22.7 Å². The summed E-state index contributed by atoms with van der Waals surface area (Å²) in [6.45, 7) is 19.2. The van der Waals surface area contributed by atoms with Gasteiger partial charge in [0.1, 0.15) is 0 Å². The molecule has 16 heavy (non-hydrogen) atoms. The molecular formula is C16H34. The van der Waals surface area contributed by atoms with Gasteiger partial charge in [-0.3, -0.25) is 0 Å². The van der Waals surface area contributed by atoms with Crippen LogP contribution in [0.1, 0.15) is 81.1 Å². The van der Waals surface area contributed by atoms with E-state index in [0.717, 1.165) is 11.8 Å². The fourth-order valence-corrected chi connectivity index (χ4v) is 2.91. The Balaban J connectivity index is 4.75. The van der Waals surface area contributed by atoms with Crippen LogP contribution in [0.3, 0.4) is 0 Å². The molecule has 0 rings (SSSR count). The molecule has 0 aliphatic carbocycles. The third kappa shape index (κ3) is 3.79. The lowest BCUT2D eigenvalue weighted by Gasteiger charge is -2.47. The zero-order valence-electron chi connectivity index (χ0n) is 13.0. The lowest BCUT2D eigenvalue weighted by atomic mass is 9.58. The average molecular weight is 226 g/mol. The van der Waals surface area contributed by atoms with E-state index in [1.807, 2.05) is 0 Å². The first-order valence-corrected chi connectivity index (χ1v) is 7.20. The molecule has 0 saturated heterocycles. The van der Waals surface area contributed by atoms with Gasteiger partial charge < -0.3 is 0 Å². The van der Waals surface area contributed by atoms with Crippen molar-refractivity contribution in [1.29, 1.82) is 0 Å². The molecule has 0 heterocycles. The van der Waals surface area contributed by atoms with Gasteiger partial charge in [0.25, 0.3) is 0 Å². The number of hydrogen-bond acceptors (Lipinski definition) is 0. The minimum absolute atomic E-state index is 0.422. The fraction of sp³-hybridized carbons (Fsp3) is 1.00. The number of unbranched alkanes of at least 4 members (excludes halogenated alkanes) is 1. The smallest absolute Gasteiger partial charge is 0.0272 e. The maximum Gasteiger partial charge on any atom is -0.0272 e. The van der Waals surface area contributed by atoms with Gasteiger partial charge in [-0.1, -0.05) is 81.1 Å². The molecule has 0 amide bonds. The van der Waals surface area contributed by atoms with Crippen molar-refractivity contribution in [2.45, 2.75) is 81.1 Å². The largest absolute Gasteiger partial charge is 0.0654 e. The molecule has 0 nitrogen and oxygen atoms in total. The first-order valence-electron chi connectivity index (χ1n) is 7.20. The standard InChI is InChI=1S/C16H34/c1-9-11-12-13(3)16(8,10-2)14(4)15(5,6)7/h13-14H,9-12H2,1-8H3. The molecule has 0 bridgehead atoms. The van der Waals surface area contributed by atoms with E-state index in [-0.39, 0.29) is 0 Å². The van der Waals surface area contributed by atoms with Crippen molar-refractivity contribution >= 4 is 0 Å². The van der Waals surface area contributed by atoms with Gasteiger partial charge in [-0.2, -0.15) is 0 Å². The maximum atomic E-state index is 2.50. The van der Waals surface area contributed by atoms with Gasteiger partial charge in [-0.25, -0.2) is 0 Å². The van der Waals surface area contributed by atoms with Gasteiger partial charge in [0.05, 0.1) is 0 Å². The molecule has 98 valence electrons. The Hall–Kier alpha value is 0. The van der Waals surface area contributed by atoms with E-state index in [9.17, 15) is 0 Å². The van der Waals surface area contributed by atoms with Crippen LogP contribution >= 0.6 is 0 Å². The van der Waals surface area contributed by atoms with E-state index in [1.165, 1.54) is 25.7 Å². The van der Waals surface area contributed by atoms with Crippen LogP contribution in [0.4, 0.5) is 0 Å². The van der Waals surface area contributed by atoms with Crippen molar-refractivity contribution in [3.63, 3.8) is 0 Å². The molecule has 0 aromatic rings. The summed E-state index contributed by atoms with van der Waals surface area (Å²) in [6, 6.07) is 0. The van der Waals surface area contributed by atoms with Crippen LogP contribution in [0, 0.1) is 22.7 Å². The fourth-order valence-electron chi connectivity index (χ4n) is 2.91. The molecule has 0 spiro atoms. The molecule has 0 fully saturated rings. The normalized spacial score (nSPS) is 20.2. The first kappa shape index (κ1) is 16.0. The predicted octanol–water partition coefficient (Wildman–Crippen LogP) is 5.91. The van der Waals surface area contributed by atoms with Gasteiger partial charge in [0.2, 0.25) is 0 Å². The second kappa shape index (κ2) is 6.07. The summed E-state index contributed by atoms with van der Waals surface area (Å²) in [5.41, 5.74) is 0.915. The molecule has 0 aromatic heterocycles. The van der Waals surface area contributed by atoms with Crippen LogP contribution in [0.2, 0.25) is 0 Å². The van der Waals surface area contributed by atoms with Crippen LogP contribution in [-0.2, 0) is 0 Å². The lowest BCUT2D eigenvalue weighted by molar-refractivity contribution is 0.0265. The molecule has 0 aromatic carbocycles. The minimum Gasteiger partial charge on any atom is -0.0654 e. The Morgan fingerprint density at radius 2 is 1.44 bits per heavy atom. The summed E-state index contributed by atoms with van der Waals surface area (Å²) in [6.07, 6.45) is 5.40. The zero-order valence-corrected chi connectivity index (χ0v) is 13.0. The van der Waals surface area contributed by atoms with Crippen LogP contribution in [0.5, 0.6) is 0 Å². The maximum absolute atomic E-state index is 2.50. The molecule has 0 heteroatoms. The summed E-state index contributed by atoms with van der Waals surface area (Å²) in [5.74, 6) is 1.61. The van der Waals surface area contributed by atoms with E-state index in [0.29, 0.717) is 10.8 Å². The Morgan fingerprint density at radius 3 is 1.75 bits per heavy atom. The predicted molar refractivity (Wildman–Crippen MR) is 75.7 cm³/mol. The first-order chi connectivity index (χ1) is 7.20. The second-order valence-electron chi connectivity index (χ2n) is 6.99. The van der Waals surface area contributed by atoms with Crippen molar-refractivity contribution in [3.05, 3.63) is 0 Å². The van der Waals surface area contributed by atoms with E-state index in [1.54, 1.807) is 0 Å². The Morgan fingerprint density at radius 1 is 0.938 bits per heavy atom. The second-order valence-corrected chi connectivity index (χ2v) is 6.99. The molecular weight excluding hydrogens is 192 g/mol. The average Bonchev–Trinajstić information content (AvgIpc) is 2.22. The minimum atomic E-state index is 0.422. The van der Waals surface area contributed by atoms with Crippen molar-refractivity contribution < 1.29 is 0 Å². The summed E-state index contributed by atoms with van der Waals surface area (Å²) in [5, 5.41) is 0. The Kier molecular flexibility index (Phi) is 6.07. The molecule has 0 aliphatic rings. The topological polar surface area (TPSA) is 0 Å². The van der Waals surface area contributed by atoms with Gasteiger partial charge in [0, 0.05) is 0 Å². The molecule has 3 unspecified atom stereocenters. The third-order valence-electron chi connectivity index (χ3n) is 5.17. The Bertz CT molecular complexity index is 187. The van der Waals surface area contributed by atoms with Crippen molar-refractivity contribution in [3.8, 4) is 0 Å². The van der Waals surface area contributed by atoms with Crippen LogP contribution < -0.4 is 0 Å². The lowest BCUT2D eigenvalue weighted by Crippen LogP contribution is -2.39. The third-order valence-corrected chi connectivity index (χ3v) is 5.17. The molecule has 0 radical (unpaired) electrons. The summed E-state index contributed by atoms with van der Waals surface area (Å²) >= 11 is 0. The summed E-state index contributed by atoms with van der Waals surface area (Å²) < 4.78 is 0. The van der Waals surface area contributed by atoms with Gasteiger partial charge in [0.15, 0.2) is 0 Å². The molecule has 0 saturated carbocycles. The van der Waals surface area contributed by atoms with Gasteiger partial charge >= 0.3 is 0 Å². The van der Waals surface area contributed by atoms with Crippen molar-refractivity contribution in [1.82, 2.24) is 0 Å². The van der Waals surface area contributed by atoms with Crippen LogP contribution in [0.15, 0.2) is 0 Å². The van der Waals surface area contributed by atoms with Gasteiger partial charge in [-0.15, -0.1) is 0 Å². The quantitative estimate of drug-likeness (QED) is 0.528. The highest BCUT2D eigenvalue weighted by Gasteiger charge is 2.40. The Labute approximate surface area is 104 Å². The van der Waals surface area contributed by atoms with Crippen molar-refractivity contribution in [2.75, 3.05) is 0 Å². The van der Waals surface area contributed by atoms with E-state index >= 15 is 0 Å². The molecule has 0 aliphatic heterocycles. The zero-order chi connectivity index (χ0) is 13.0.